The molecule has 0 heterocycles. The summed E-state index contributed by atoms with van der Waals surface area (Å²) in [5.74, 6) is 0. The lowest BCUT2D eigenvalue weighted by atomic mass is 10.9. The van der Waals surface area contributed by atoms with Gasteiger partial charge < -0.3 is 5.41 Å². The van der Waals surface area contributed by atoms with Crippen molar-refractivity contribution in [1.29, 1.82) is 5.41 Å². The van der Waals surface area contributed by atoms with Gasteiger partial charge in [0, 0.05) is 0 Å². The van der Waals surface area contributed by atoms with Gasteiger partial charge in [0.05, 0.1) is 0 Å². The minimum absolute atomic E-state index is 0. The molecule has 26 valence electrons. The van der Waals surface area contributed by atoms with Gasteiger partial charge in [0.25, 0.3) is 0 Å². The van der Waals surface area contributed by atoms with Crippen molar-refractivity contribution in [2.45, 2.75) is 6.92 Å². The fourth-order valence-electron chi connectivity index (χ4n) is 0. The molecular weight excluding hydrogens is 165 g/mol. The van der Waals surface area contributed by atoms with E-state index >= 15 is 0 Å². The minimum atomic E-state index is 0. The largest absolute Gasteiger partial charge is 0.313 e. The predicted molar refractivity (Wildman–Crippen MR) is 29.9 cm³/mol. The van der Waals surface area contributed by atoms with Gasteiger partial charge >= 0.3 is 0 Å². The van der Waals surface area contributed by atoms with Gasteiger partial charge in [0.2, 0.25) is 0 Å². The molecule has 1 N–H and O–H groups in total. The minimum Gasteiger partial charge on any atom is -0.313 e. The molecule has 0 fully saturated rings. The number of nitrogens with one attached hydrogen (secondary N) is 1. The molecule has 0 saturated carbocycles. The Balaban J connectivity index is 0. The highest BCUT2D eigenvalue weighted by atomic mass is 127. The third-order valence-corrected chi connectivity index (χ3v) is 0. The lowest BCUT2D eigenvalue weighted by molar-refractivity contribution is 1.55. The third-order valence-electron chi connectivity index (χ3n) is 0. The van der Waals surface area contributed by atoms with Crippen LogP contribution in [0.1, 0.15) is 6.92 Å². The van der Waals surface area contributed by atoms with E-state index in [1.807, 2.05) is 0 Å². The van der Waals surface area contributed by atoms with Gasteiger partial charge in [-0.2, -0.15) is 0 Å². The van der Waals surface area contributed by atoms with Crippen molar-refractivity contribution in [3.8, 4) is 0 Å². The summed E-state index contributed by atoms with van der Waals surface area (Å²) in [5, 5.41) is 6.08. The van der Waals surface area contributed by atoms with Crippen molar-refractivity contribution in [1.82, 2.24) is 0 Å². The summed E-state index contributed by atoms with van der Waals surface area (Å²) in [6, 6.07) is 0. The monoisotopic (exact) mass is 171 g/mol. The Morgan fingerprint density at radius 2 is 1.75 bits per heavy atom. The van der Waals surface area contributed by atoms with Crippen LogP contribution < -0.4 is 0 Å². The first-order valence-electron chi connectivity index (χ1n) is 0.866. The quantitative estimate of drug-likeness (QED) is 0.419. The van der Waals surface area contributed by atoms with Gasteiger partial charge in [-0.3, -0.25) is 0 Å². The zero-order chi connectivity index (χ0) is 2.71. The summed E-state index contributed by atoms with van der Waals surface area (Å²) in [4.78, 5) is 0. The van der Waals surface area contributed by atoms with Crippen molar-refractivity contribution < 1.29 is 0 Å². The first kappa shape index (κ1) is 8.83. The van der Waals surface area contributed by atoms with Crippen molar-refractivity contribution in [2.24, 2.45) is 0 Å². The fraction of sp³-hybridized carbons (Fsp3) is 0.500. The van der Waals surface area contributed by atoms with E-state index in [1.54, 1.807) is 6.92 Å². The predicted octanol–water partition coefficient (Wildman–Crippen LogP) is 1.27. The molecule has 0 aliphatic carbocycles. The smallest absolute Gasteiger partial charge is 0.00788 e. The standard InChI is InChI=1S/C2H5N.HI/c1-2-3;/h2-3H,1H3;1H. The maximum atomic E-state index is 6.08. The van der Waals surface area contributed by atoms with E-state index in [1.165, 1.54) is 6.21 Å². The van der Waals surface area contributed by atoms with Crippen molar-refractivity contribution in [3.05, 3.63) is 0 Å². The molecule has 0 radical (unpaired) electrons. The molecule has 0 unspecified atom stereocenters. The average Bonchev–Trinajstić information content (AvgIpc) is 0.918. The van der Waals surface area contributed by atoms with Gasteiger partial charge in [0.15, 0.2) is 0 Å². The number of rotatable bonds is 0. The maximum Gasteiger partial charge on any atom is -0.00788 e. The molecule has 0 aliphatic rings. The molecule has 1 nitrogen and oxygen atoms in total. The molecule has 0 aromatic carbocycles. The summed E-state index contributed by atoms with van der Waals surface area (Å²) in [7, 11) is 0. The van der Waals surface area contributed by atoms with Gasteiger partial charge in [-0.25, -0.2) is 0 Å². The van der Waals surface area contributed by atoms with Gasteiger partial charge in [-0.1, -0.05) is 0 Å². The number of hydrogen-bond acceptors (Lipinski definition) is 1. The van der Waals surface area contributed by atoms with Crippen LogP contribution in [0.5, 0.6) is 0 Å². The maximum absolute atomic E-state index is 6.08. The summed E-state index contributed by atoms with van der Waals surface area (Å²) >= 11 is 0. The van der Waals surface area contributed by atoms with Gasteiger partial charge in [0.1, 0.15) is 0 Å². The van der Waals surface area contributed by atoms with Crippen LogP contribution in [0.2, 0.25) is 0 Å². The van der Waals surface area contributed by atoms with Crippen LogP contribution in [-0.4, -0.2) is 6.21 Å². The second kappa shape index (κ2) is 9.99. The molecule has 0 aliphatic heterocycles. The first-order valence-corrected chi connectivity index (χ1v) is 0.866. The topological polar surface area (TPSA) is 23.9 Å². The first-order chi connectivity index (χ1) is 1.41. The lowest BCUT2D eigenvalue weighted by Gasteiger charge is -1.30. The molecule has 0 amide bonds. The van der Waals surface area contributed by atoms with E-state index in [0.29, 0.717) is 0 Å². The molecule has 0 rings (SSSR count). The Morgan fingerprint density at radius 1 is 1.75 bits per heavy atom. The van der Waals surface area contributed by atoms with Crippen LogP contribution in [0.3, 0.4) is 0 Å². The summed E-state index contributed by atoms with van der Waals surface area (Å²) in [6.07, 6.45) is 1.25. The van der Waals surface area contributed by atoms with Crippen molar-refractivity contribution >= 4 is 30.2 Å². The number of hydrogen-bond donors (Lipinski definition) is 1. The Bertz CT molecular complexity index is 13.5. The van der Waals surface area contributed by atoms with Crippen LogP contribution in [0, 0.1) is 5.41 Å². The van der Waals surface area contributed by atoms with Crippen LogP contribution in [-0.2, 0) is 0 Å². The molecular formula is C2H6IN. The molecule has 0 atom stereocenters. The Labute approximate surface area is 42.9 Å². The van der Waals surface area contributed by atoms with Gasteiger partial charge in [-0.15, -0.1) is 24.0 Å². The van der Waals surface area contributed by atoms with Crippen LogP contribution in [0.25, 0.3) is 0 Å². The highest BCUT2D eigenvalue weighted by molar-refractivity contribution is 14.0. The van der Waals surface area contributed by atoms with Crippen molar-refractivity contribution in [3.63, 3.8) is 0 Å². The molecule has 2 heteroatoms. The molecule has 0 aromatic heterocycles. The second-order valence-electron chi connectivity index (χ2n) is 0.289. The lowest BCUT2D eigenvalue weighted by Crippen LogP contribution is -1.32. The Morgan fingerprint density at radius 3 is 1.75 bits per heavy atom. The Hall–Kier alpha value is 0.400. The summed E-state index contributed by atoms with van der Waals surface area (Å²) in [6.45, 7) is 1.67. The third kappa shape index (κ3) is 29.4. The SMILES string of the molecule is CC=N.I. The van der Waals surface area contributed by atoms with E-state index in [4.69, 9.17) is 5.41 Å². The van der Waals surface area contributed by atoms with E-state index in [0.717, 1.165) is 0 Å². The molecule has 0 spiro atoms. The molecule has 4 heavy (non-hydrogen) atoms. The summed E-state index contributed by atoms with van der Waals surface area (Å²) < 4.78 is 0. The fourth-order valence-corrected chi connectivity index (χ4v) is 0. The van der Waals surface area contributed by atoms with E-state index < -0.39 is 0 Å². The average molecular weight is 171 g/mol. The van der Waals surface area contributed by atoms with E-state index in [-0.39, 0.29) is 24.0 Å². The van der Waals surface area contributed by atoms with Crippen molar-refractivity contribution in [2.75, 3.05) is 0 Å². The number of halogens is 1. The highest BCUT2D eigenvalue weighted by Crippen LogP contribution is 1.17. The highest BCUT2D eigenvalue weighted by Gasteiger charge is 1.17. The zero-order valence-electron chi connectivity index (χ0n) is 2.49. The van der Waals surface area contributed by atoms with Crippen LogP contribution >= 0.6 is 24.0 Å². The molecule has 0 aromatic rings. The molecule has 0 bridgehead atoms. The second-order valence-corrected chi connectivity index (χ2v) is 0.289. The normalized spacial score (nSPS) is 3.25. The summed E-state index contributed by atoms with van der Waals surface area (Å²) in [5.41, 5.74) is 0. The van der Waals surface area contributed by atoms with E-state index in [9.17, 15) is 0 Å². The van der Waals surface area contributed by atoms with E-state index in [2.05, 4.69) is 0 Å². The zero-order valence-corrected chi connectivity index (χ0v) is 4.82. The molecule has 0 saturated heterocycles. The Kier molecular flexibility index (Phi) is 22.1. The van der Waals surface area contributed by atoms with Crippen LogP contribution in [0.15, 0.2) is 0 Å². The van der Waals surface area contributed by atoms with Crippen LogP contribution in [0.4, 0.5) is 0 Å². The van der Waals surface area contributed by atoms with Gasteiger partial charge in [-0.05, 0) is 13.1 Å².